The number of nitrogens with zero attached hydrogens (tertiary/aromatic N) is 1. The van der Waals surface area contributed by atoms with Crippen molar-refractivity contribution in [2.24, 2.45) is 0 Å². The molecule has 0 fully saturated rings. The van der Waals surface area contributed by atoms with Gasteiger partial charge in [0.05, 0.1) is 18.2 Å². The molecule has 0 aliphatic rings. The Bertz CT molecular complexity index is 1250. The Labute approximate surface area is 179 Å². The number of methoxy groups -OCH3 is 1. The second-order valence-corrected chi connectivity index (χ2v) is 6.81. The van der Waals surface area contributed by atoms with Crippen molar-refractivity contribution in [1.82, 2.24) is 4.98 Å². The summed E-state index contributed by atoms with van der Waals surface area (Å²) < 4.78 is 56.5. The van der Waals surface area contributed by atoms with E-state index in [1.807, 2.05) is 0 Å². The molecule has 32 heavy (non-hydrogen) atoms. The minimum absolute atomic E-state index is 0.120. The lowest BCUT2D eigenvalue weighted by atomic mass is 10.1. The second-order valence-electron chi connectivity index (χ2n) is 6.81. The van der Waals surface area contributed by atoms with E-state index < -0.39 is 23.8 Å². The number of carbonyl (C=O) groups is 1. The number of carboxylic acids is 1. The average Bonchev–Trinajstić information content (AvgIpc) is 3.20. The first-order valence-electron chi connectivity index (χ1n) is 9.37. The molecule has 6 nitrogen and oxygen atoms in total. The summed E-state index contributed by atoms with van der Waals surface area (Å²) in [6.07, 6.45) is -6.14. The van der Waals surface area contributed by atoms with Gasteiger partial charge < -0.3 is 19.0 Å². The smallest absolute Gasteiger partial charge is 0.416 e. The molecule has 1 heterocycles. The first-order chi connectivity index (χ1) is 15.3. The Hall–Kier alpha value is -4.01. The average molecular weight is 443 g/mol. The minimum Gasteiger partial charge on any atom is -0.497 e. The number of halogens is 3. The molecule has 0 aliphatic heterocycles. The molecule has 164 valence electrons. The molecule has 0 radical (unpaired) electrons. The molecule has 0 saturated carbocycles. The third-order valence-corrected chi connectivity index (χ3v) is 4.70. The third kappa shape index (κ3) is 4.22. The van der Waals surface area contributed by atoms with Gasteiger partial charge in [0.25, 0.3) is 0 Å². The zero-order valence-corrected chi connectivity index (χ0v) is 16.6. The van der Waals surface area contributed by atoms with Crippen molar-refractivity contribution in [1.29, 1.82) is 0 Å². The zero-order valence-electron chi connectivity index (χ0n) is 16.6. The van der Waals surface area contributed by atoms with Gasteiger partial charge in [-0.25, -0.2) is 9.78 Å². The summed E-state index contributed by atoms with van der Waals surface area (Å²) in [5.41, 5.74) is -0.0114. The number of fused-ring (bicyclic) bond motifs is 1. The predicted octanol–water partition coefficient (Wildman–Crippen LogP) is 5.73. The summed E-state index contributed by atoms with van der Waals surface area (Å²) in [6, 6.07) is 15.6. The first-order valence-corrected chi connectivity index (χ1v) is 9.37. The zero-order chi connectivity index (χ0) is 22.9. The van der Waals surface area contributed by atoms with Crippen LogP contribution < -0.4 is 9.47 Å². The number of benzene rings is 3. The van der Waals surface area contributed by atoms with Crippen LogP contribution >= 0.6 is 0 Å². The van der Waals surface area contributed by atoms with Gasteiger partial charge in [-0.2, -0.15) is 13.2 Å². The topological polar surface area (TPSA) is 81.8 Å². The molecule has 1 aromatic heterocycles. The maximum Gasteiger partial charge on any atom is 0.416 e. The van der Waals surface area contributed by atoms with Crippen LogP contribution in [-0.2, 0) is 11.0 Å². The van der Waals surface area contributed by atoms with E-state index in [2.05, 4.69) is 4.98 Å². The van der Waals surface area contributed by atoms with Crippen molar-refractivity contribution in [3.8, 4) is 23.0 Å². The van der Waals surface area contributed by atoms with Gasteiger partial charge in [-0.15, -0.1) is 0 Å². The standard InChI is InChI=1S/C23H16F3NO5/c1-30-15-6-4-5-13(11-15)20(22(28)29)31-18-10-9-14(23(24,25)26)12-16(18)21-27-17-7-2-3-8-19(17)32-21/h2-12,20H,1H3,(H,28,29). The second kappa shape index (κ2) is 8.26. The molecular weight excluding hydrogens is 427 g/mol. The summed E-state index contributed by atoms with van der Waals surface area (Å²) in [5.74, 6) is -1.17. The van der Waals surface area contributed by atoms with Crippen LogP contribution in [0.15, 0.2) is 71.1 Å². The summed E-state index contributed by atoms with van der Waals surface area (Å²) >= 11 is 0. The molecule has 0 amide bonds. The fraction of sp³-hybridized carbons (Fsp3) is 0.130. The fourth-order valence-electron chi connectivity index (χ4n) is 3.16. The van der Waals surface area contributed by atoms with Crippen molar-refractivity contribution < 1.29 is 37.0 Å². The Kier molecular flexibility index (Phi) is 5.48. The number of hydrogen-bond donors (Lipinski definition) is 1. The monoisotopic (exact) mass is 443 g/mol. The number of para-hydroxylation sites is 2. The SMILES string of the molecule is COc1cccc(C(Oc2ccc(C(F)(F)F)cc2-c2nc3ccccc3o2)C(=O)O)c1. The van der Waals surface area contributed by atoms with Gasteiger partial charge in [-0.05, 0) is 42.5 Å². The van der Waals surface area contributed by atoms with Gasteiger partial charge in [-0.1, -0.05) is 24.3 Å². The van der Waals surface area contributed by atoms with E-state index in [0.29, 0.717) is 16.8 Å². The van der Waals surface area contributed by atoms with Crippen LogP contribution in [0, 0.1) is 0 Å². The minimum atomic E-state index is -4.63. The number of alkyl halides is 3. The Morgan fingerprint density at radius 3 is 2.53 bits per heavy atom. The number of aromatic nitrogens is 1. The van der Waals surface area contributed by atoms with Gasteiger partial charge >= 0.3 is 12.1 Å². The lowest BCUT2D eigenvalue weighted by Crippen LogP contribution is -2.19. The van der Waals surface area contributed by atoms with Crippen molar-refractivity contribution in [3.05, 3.63) is 77.9 Å². The lowest BCUT2D eigenvalue weighted by Gasteiger charge is -2.19. The Balaban J connectivity index is 1.82. The Morgan fingerprint density at radius 2 is 1.84 bits per heavy atom. The molecule has 4 rings (SSSR count). The maximum atomic E-state index is 13.4. The number of hydrogen-bond acceptors (Lipinski definition) is 5. The Morgan fingerprint density at radius 1 is 1.06 bits per heavy atom. The molecule has 9 heteroatoms. The highest BCUT2D eigenvalue weighted by molar-refractivity contribution is 5.79. The third-order valence-electron chi connectivity index (χ3n) is 4.70. The molecular formula is C23H16F3NO5. The van der Waals surface area contributed by atoms with Crippen LogP contribution in [0.3, 0.4) is 0 Å². The van der Waals surface area contributed by atoms with Gasteiger partial charge in [0.1, 0.15) is 17.0 Å². The van der Waals surface area contributed by atoms with Crippen LogP contribution in [0.4, 0.5) is 13.2 Å². The number of aliphatic carboxylic acids is 1. The van der Waals surface area contributed by atoms with Gasteiger partial charge in [0.15, 0.2) is 5.58 Å². The van der Waals surface area contributed by atoms with Crippen molar-refractivity contribution in [3.63, 3.8) is 0 Å². The summed E-state index contributed by atoms with van der Waals surface area (Å²) in [5, 5.41) is 9.73. The lowest BCUT2D eigenvalue weighted by molar-refractivity contribution is -0.145. The normalized spacial score (nSPS) is 12.5. The van der Waals surface area contributed by atoms with Gasteiger partial charge in [-0.3, -0.25) is 0 Å². The van der Waals surface area contributed by atoms with Crippen LogP contribution in [0.5, 0.6) is 11.5 Å². The van der Waals surface area contributed by atoms with Crippen LogP contribution in [0.25, 0.3) is 22.6 Å². The predicted molar refractivity (Wildman–Crippen MR) is 108 cm³/mol. The van der Waals surface area contributed by atoms with Crippen LogP contribution in [0.1, 0.15) is 17.2 Å². The van der Waals surface area contributed by atoms with E-state index >= 15 is 0 Å². The number of carboxylic acid groups (broad SMARTS) is 1. The summed E-state index contributed by atoms with van der Waals surface area (Å²) in [6.45, 7) is 0. The summed E-state index contributed by atoms with van der Waals surface area (Å²) in [4.78, 5) is 16.2. The van der Waals surface area contributed by atoms with Crippen molar-refractivity contribution >= 4 is 17.1 Å². The molecule has 0 saturated heterocycles. The molecule has 4 aromatic rings. The van der Waals surface area contributed by atoms with Crippen LogP contribution in [-0.4, -0.2) is 23.2 Å². The highest BCUT2D eigenvalue weighted by Crippen LogP contribution is 2.39. The largest absolute Gasteiger partial charge is 0.497 e. The molecule has 0 bridgehead atoms. The number of ether oxygens (including phenoxy) is 2. The van der Waals surface area contributed by atoms with Crippen molar-refractivity contribution in [2.45, 2.75) is 12.3 Å². The molecule has 1 unspecified atom stereocenters. The van der Waals surface area contributed by atoms with E-state index in [4.69, 9.17) is 13.9 Å². The molecule has 0 spiro atoms. The van der Waals surface area contributed by atoms with Gasteiger partial charge in [0.2, 0.25) is 12.0 Å². The first kappa shape index (κ1) is 21.2. The highest BCUT2D eigenvalue weighted by Gasteiger charge is 2.33. The van der Waals surface area contributed by atoms with E-state index in [1.54, 1.807) is 36.4 Å². The molecule has 3 aromatic carbocycles. The van der Waals surface area contributed by atoms with E-state index in [1.165, 1.54) is 19.2 Å². The molecule has 1 atom stereocenters. The van der Waals surface area contributed by atoms with E-state index in [-0.39, 0.29) is 22.8 Å². The molecule has 0 aliphatic carbocycles. The number of oxazole rings is 1. The van der Waals surface area contributed by atoms with Crippen molar-refractivity contribution in [2.75, 3.05) is 7.11 Å². The van der Waals surface area contributed by atoms with Gasteiger partial charge in [0, 0.05) is 5.56 Å². The van der Waals surface area contributed by atoms with E-state index in [0.717, 1.165) is 18.2 Å². The highest BCUT2D eigenvalue weighted by atomic mass is 19.4. The summed E-state index contributed by atoms with van der Waals surface area (Å²) in [7, 11) is 1.43. The van der Waals surface area contributed by atoms with E-state index in [9.17, 15) is 23.1 Å². The quantitative estimate of drug-likeness (QED) is 0.410. The maximum absolute atomic E-state index is 13.4. The van der Waals surface area contributed by atoms with Crippen LogP contribution in [0.2, 0.25) is 0 Å². The fourth-order valence-corrected chi connectivity index (χ4v) is 3.16. The number of rotatable bonds is 6. The molecule has 1 N–H and O–H groups in total.